The van der Waals surface area contributed by atoms with Gasteiger partial charge in [-0.1, -0.05) is 25.5 Å². The lowest BCUT2D eigenvalue weighted by Crippen LogP contribution is -2.28. The molecule has 1 fully saturated rings. The van der Waals surface area contributed by atoms with Gasteiger partial charge in [-0.05, 0) is 37.5 Å². The lowest BCUT2D eigenvalue weighted by atomic mass is 10.2. The molecular formula is C16H22N2O2. The third-order valence-corrected chi connectivity index (χ3v) is 3.58. The Balaban J connectivity index is 1.79. The molecule has 1 aromatic rings. The zero-order valence-electron chi connectivity index (χ0n) is 12.1. The van der Waals surface area contributed by atoms with E-state index in [0.29, 0.717) is 13.0 Å². The summed E-state index contributed by atoms with van der Waals surface area (Å²) in [4.78, 5) is 23.9. The number of nitrogens with one attached hydrogen (secondary N) is 2. The van der Waals surface area contributed by atoms with Crippen LogP contribution >= 0.6 is 0 Å². The van der Waals surface area contributed by atoms with Gasteiger partial charge in [0.2, 0.25) is 11.8 Å². The Kier molecular flexibility index (Phi) is 4.77. The molecule has 0 saturated heterocycles. The first-order valence-corrected chi connectivity index (χ1v) is 7.27. The summed E-state index contributed by atoms with van der Waals surface area (Å²) in [6.45, 7) is 4.77. The van der Waals surface area contributed by atoms with Crippen molar-refractivity contribution in [3.63, 3.8) is 0 Å². The smallest absolute Gasteiger partial charge is 0.228 e. The van der Waals surface area contributed by atoms with Crippen LogP contribution in [0.25, 0.3) is 0 Å². The summed E-state index contributed by atoms with van der Waals surface area (Å²) in [5.41, 5.74) is 1.90. The summed E-state index contributed by atoms with van der Waals surface area (Å²) in [5, 5.41) is 5.76. The Bertz CT molecular complexity index is 499. The molecule has 0 spiro atoms. The quantitative estimate of drug-likeness (QED) is 0.783. The molecular weight excluding hydrogens is 252 g/mol. The number of rotatable bonds is 6. The van der Waals surface area contributed by atoms with E-state index in [9.17, 15) is 9.59 Å². The highest BCUT2D eigenvalue weighted by atomic mass is 16.2. The van der Waals surface area contributed by atoms with Crippen molar-refractivity contribution in [1.29, 1.82) is 0 Å². The van der Waals surface area contributed by atoms with Gasteiger partial charge in [0.25, 0.3) is 0 Å². The predicted octanol–water partition coefficient (Wildman–Crippen LogP) is 2.49. The van der Waals surface area contributed by atoms with E-state index in [-0.39, 0.29) is 23.7 Å². The maximum Gasteiger partial charge on any atom is 0.228 e. The summed E-state index contributed by atoms with van der Waals surface area (Å²) >= 11 is 0. The second-order valence-corrected chi connectivity index (χ2v) is 5.45. The first-order chi connectivity index (χ1) is 9.61. The number of carbonyl (C=O) groups is 2. The minimum Gasteiger partial charge on any atom is -0.356 e. The lowest BCUT2D eigenvalue weighted by Gasteiger charge is -2.06. The number of anilines is 1. The van der Waals surface area contributed by atoms with E-state index in [1.54, 1.807) is 0 Å². The van der Waals surface area contributed by atoms with Crippen LogP contribution in [-0.2, 0) is 9.59 Å². The second-order valence-electron chi connectivity index (χ2n) is 5.45. The first kappa shape index (κ1) is 14.6. The number of amides is 2. The van der Waals surface area contributed by atoms with E-state index >= 15 is 0 Å². The van der Waals surface area contributed by atoms with Gasteiger partial charge >= 0.3 is 0 Å². The van der Waals surface area contributed by atoms with Crippen molar-refractivity contribution in [2.45, 2.75) is 33.1 Å². The molecule has 2 unspecified atom stereocenters. The molecule has 4 nitrogen and oxygen atoms in total. The molecule has 2 amide bonds. The van der Waals surface area contributed by atoms with Crippen LogP contribution in [-0.4, -0.2) is 18.4 Å². The summed E-state index contributed by atoms with van der Waals surface area (Å²) in [5.74, 6) is -0.345. The normalized spacial score (nSPS) is 20.3. The molecule has 4 heteroatoms. The molecule has 1 aliphatic rings. The van der Waals surface area contributed by atoms with Crippen LogP contribution in [0.5, 0.6) is 0 Å². The molecule has 2 atom stereocenters. The van der Waals surface area contributed by atoms with E-state index in [1.807, 2.05) is 31.2 Å². The fraction of sp³-hybridized carbons (Fsp3) is 0.500. The summed E-state index contributed by atoms with van der Waals surface area (Å²) in [6, 6.07) is 7.68. The second kappa shape index (κ2) is 6.55. The number of aryl methyl sites for hydroxylation is 1. The third kappa shape index (κ3) is 3.83. The average Bonchev–Trinajstić information content (AvgIpc) is 3.19. The van der Waals surface area contributed by atoms with Crippen LogP contribution in [0, 0.1) is 18.8 Å². The van der Waals surface area contributed by atoms with Gasteiger partial charge in [0, 0.05) is 12.2 Å². The molecule has 108 valence electrons. The molecule has 1 saturated carbocycles. The number of carbonyl (C=O) groups excluding carboxylic acids is 2. The van der Waals surface area contributed by atoms with Gasteiger partial charge in [-0.15, -0.1) is 0 Å². The molecule has 0 aromatic heterocycles. The van der Waals surface area contributed by atoms with Gasteiger partial charge in [0.1, 0.15) is 0 Å². The average molecular weight is 274 g/mol. The molecule has 2 rings (SSSR count). The number of unbranched alkanes of at least 4 members (excludes halogenated alkanes) is 1. The van der Waals surface area contributed by atoms with Crippen LogP contribution in [0.4, 0.5) is 5.69 Å². The molecule has 0 aliphatic heterocycles. The van der Waals surface area contributed by atoms with E-state index in [2.05, 4.69) is 17.6 Å². The molecule has 0 heterocycles. The van der Waals surface area contributed by atoms with Crippen LogP contribution in [0.1, 0.15) is 31.7 Å². The highest BCUT2D eigenvalue weighted by Crippen LogP contribution is 2.39. The fourth-order valence-electron chi connectivity index (χ4n) is 2.25. The van der Waals surface area contributed by atoms with Crippen molar-refractivity contribution >= 4 is 17.5 Å². The van der Waals surface area contributed by atoms with Crippen molar-refractivity contribution in [2.75, 3.05) is 11.9 Å². The summed E-state index contributed by atoms with van der Waals surface area (Å²) < 4.78 is 0. The van der Waals surface area contributed by atoms with Gasteiger partial charge in [-0.2, -0.15) is 0 Å². The highest BCUT2D eigenvalue weighted by Gasteiger charge is 2.47. The molecule has 1 aliphatic carbocycles. The van der Waals surface area contributed by atoms with Gasteiger partial charge in [-0.25, -0.2) is 0 Å². The van der Waals surface area contributed by atoms with Crippen molar-refractivity contribution in [1.82, 2.24) is 5.32 Å². The zero-order chi connectivity index (χ0) is 14.5. The monoisotopic (exact) mass is 274 g/mol. The van der Waals surface area contributed by atoms with Crippen molar-refractivity contribution in [2.24, 2.45) is 11.8 Å². The number of hydrogen-bond donors (Lipinski definition) is 2. The van der Waals surface area contributed by atoms with E-state index in [4.69, 9.17) is 0 Å². The molecule has 20 heavy (non-hydrogen) atoms. The zero-order valence-corrected chi connectivity index (χ0v) is 12.1. The molecule has 1 aromatic carbocycles. The van der Waals surface area contributed by atoms with Crippen LogP contribution in [0.2, 0.25) is 0 Å². The fourth-order valence-corrected chi connectivity index (χ4v) is 2.25. The predicted molar refractivity (Wildman–Crippen MR) is 79.3 cm³/mol. The Morgan fingerprint density at radius 1 is 1.25 bits per heavy atom. The minimum absolute atomic E-state index is 0.0165. The molecule has 0 radical (unpaired) electrons. The third-order valence-electron chi connectivity index (χ3n) is 3.58. The van der Waals surface area contributed by atoms with E-state index < -0.39 is 0 Å². The SMILES string of the molecule is CCCCNC(=O)C1CC1C(=O)Nc1cccc(C)c1. The largest absolute Gasteiger partial charge is 0.356 e. The lowest BCUT2D eigenvalue weighted by molar-refractivity contribution is -0.125. The first-order valence-electron chi connectivity index (χ1n) is 7.27. The van der Waals surface area contributed by atoms with Gasteiger partial charge in [0.05, 0.1) is 11.8 Å². The number of hydrogen-bond acceptors (Lipinski definition) is 2. The van der Waals surface area contributed by atoms with Crippen LogP contribution in [0.3, 0.4) is 0 Å². The van der Waals surface area contributed by atoms with Crippen molar-refractivity contribution in [3.8, 4) is 0 Å². The minimum atomic E-state index is -0.169. The Labute approximate surface area is 119 Å². The Morgan fingerprint density at radius 2 is 2.00 bits per heavy atom. The molecule has 2 N–H and O–H groups in total. The maximum absolute atomic E-state index is 12.0. The highest BCUT2D eigenvalue weighted by molar-refractivity contribution is 5.99. The Hall–Kier alpha value is -1.84. The standard InChI is InChI=1S/C16H22N2O2/c1-3-4-8-17-15(19)13-10-14(13)16(20)18-12-7-5-6-11(2)9-12/h5-7,9,13-14H,3-4,8,10H2,1-2H3,(H,17,19)(H,18,20). The van der Waals surface area contributed by atoms with E-state index in [1.165, 1.54) is 0 Å². The topological polar surface area (TPSA) is 58.2 Å². The summed E-state index contributed by atoms with van der Waals surface area (Å²) in [6.07, 6.45) is 2.70. The van der Waals surface area contributed by atoms with Gasteiger partial charge in [0.15, 0.2) is 0 Å². The maximum atomic E-state index is 12.0. The Morgan fingerprint density at radius 3 is 2.70 bits per heavy atom. The van der Waals surface area contributed by atoms with Crippen molar-refractivity contribution < 1.29 is 9.59 Å². The van der Waals surface area contributed by atoms with Crippen LogP contribution < -0.4 is 10.6 Å². The van der Waals surface area contributed by atoms with Crippen LogP contribution in [0.15, 0.2) is 24.3 Å². The number of benzene rings is 1. The van der Waals surface area contributed by atoms with Crippen molar-refractivity contribution in [3.05, 3.63) is 29.8 Å². The van der Waals surface area contributed by atoms with E-state index in [0.717, 1.165) is 24.1 Å². The summed E-state index contributed by atoms with van der Waals surface area (Å²) in [7, 11) is 0. The van der Waals surface area contributed by atoms with Gasteiger partial charge in [-0.3, -0.25) is 9.59 Å². The molecule has 0 bridgehead atoms. The van der Waals surface area contributed by atoms with Gasteiger partial charge < -0.3 is 10.6 Å².